The molecule has 0 spiro atoms. The van der Waals surface area contributed by atoms with Gasteiger partial charge in [-0.25, -0.2) is 8.42 Å². The van der Waals surface area contributed by atoms with Crippen molar-refractivity contribution in [2.45, 2.75) is 9.24 Å². The lowest BCUT2D eigenvalue weighted by molar-refractivity contribution is 0.595. The fourth-order valence-corrected chi connectivity index (χ4v) is 3.79. The molecule has 0 amide bonds. The van der Waals surface area contributed by atoms with Crippen LogP contribution in [0.1, 0.15) is 0 Å². The highest BCUT2D eigenvalue weighted by Crippen LogP contribution is 2.24. The molecule has 0 fully saturated rings. The van der Waals surface area contributed by atoms with Crippen LogP contribution < -0.4 is 0 Å². The summed E-state index contributed by atoms with van der Waals surface area (Å²) in [5.74, 6) is 0. The van der Waals surface area contributed by atoms with Crippen molar-refractivity contribution in [3.8, 4) is 0 Å². The predicted molar refractivity (Wildman–Crippen MR) is 64.5 cm³/mol. The number of hydrogen-bond acceptors (Lipinski definition) is 5. The molecule has 1 heterocycles. The zero-order valence-electron chi connectivity index (χ0n) is 7.59. The Bertz CT molecular complexity index is 609. The van der Waals surface area contributed by atoms with Crippen LogP contribution in [0.4, 0.5) is 0 Å². The van der Waals surface area contributed by atoms with E-state index in [4.69, 9.17) is 11.6 Å². The summed E-state index contributed by atoms with van der Waals surface area (Å²) in [7, 11) is -3.58. The molecule has 1 aromatic heterocycles. The highest BCUT2D eigenvalue weighted by molar-refractivity contribution is 9.10. The summed E-state index contributed by atoms with van der Waals surface area (Å²) in [6.45, 7) is 0. The van der Waals surface area contributed by atoms with Crippen LogP contribution in [-0.2, 0) is 9.84 Å². The Morgan fingerprint density at radius 1 is 1.25 bits per heavy atom. The monoisotopic (exact) mass is 338 g/mol. The first-order valence-corrected chi connectivity index (χ1v) is 7.43. The van der Waals surface area contributed by atoms with Crippen LogP contribution in [-0.4, -0.2) is 17.8 Å². The third kappa shape index (κ3) is 2.27. The highest BCUT2D eigenvalue weighted by atomic mass is 79.9. The molecule has 0 bridgehead atoms. The maximum Gasteiger partial charge on any atom is 0.235 e. The molecule has 2 aromatic rings. The molecule has 0 aliphatic heterocycles. The van der Waals surface area contributed by atoms with Crippen molar-refractivity contribution in [1.82, 2.24) is 9.36 Å². The number of hydrogen-bond donors (Lipinski definition) is 0. The molecule has 0 aliphatic carbocycles. The largest absolute Gasteiger partial charge is 0.235 e. The Morgan fingerprint density at radius 3 is 2.38 bits per heavy atom. The van der Waals surface area contributed by atoms with Crippen LogP contribution in [0, 0.1) is 0 Å². The minimum atomic E-state index is -3.58. The SMILES string of the molecule is O=S(=O)(c1ccc(Cl)cc1)c1nc(Br)ns1. The molecule has 1 aromatic carbocycles. The molecule has 0 radical (unpaired) electrons. The summed E-state index contributed by atoms with van der Waals surface area (Å²) in [6.07, 6.45) is 0. The lowest BCUT2D eigenvalue weighted by Gasteiger charge is -1.99. The fourth-order valence-electron chi connectivity index (χ4n) is 1.02. The van der Waals surface area contributed by atoms with E-state index in [0.29, 0.717) is 5.02 Å². The van der Waals surface area contributed by atoms with Crippen molar-refractivity contribution in [2.75, 3.05) is 0 Å². The maximum absolute atomic E-state index is 12.0. The van der Waals surface area contributed by atoms with Crippen LogP contribution in [0.25, 0.3) is 0 Å². The van der Waals surface area contributed by atoms with Crippen molar-refractivity contribution in [3.63, 3.8) is 0 Å². The van der Waals surface area contributed by atoms with E-state index in [0.717, 1.165) is 11.5 Å². The van der Waals surface area contributed by atoms with E-state index in [1.54, 1.807) is 0 Å². The Hall–Kier alpha value is -0.500. The molecule has 16 heavy (non-hydrogen) atoms. The summed E-state index contributed by atoms with van der Waals surface area (Å²) < 4.78 is 28.0. The van der Waals surface area contributed by atoms with Crippen molar-refractivity contribution >= 4 is 48.9 Å². The van der Waals surface area contributed by atoms with Crippen LogP contribution >= 0.6 is 39.1 Å². The predicted octanol–water partition coefficient (Wildman–Crippen LogP) is 2.79. The highest BCUT2D eigenvalue weighted by Gasteiger charge is 2.22. The number of aromatic nitrogens is 2. The minimum absolute atomic E-state index is 0.0401. The topological polar surface area (TPSA) is 59.9 Å². The molecule has 8 heteroatoms. The van der Waals surface area contributed by atoms with Crippen LogP contribution in [0.5, 0.6) is 0 Å². The van der Waals surface area contributed by atoms with Crippen LogP contribution in [0.15, 0.2) is 38.2 Å². The van der Waals surface area contributed by atoms with Gasteiger partial charge in [0.15, 0.2) is 0 Å². The van der Waals surface area contributed by atoms with Crippen molar-refractivity contribution in [3.05, 3.63) is 34.0 Å². The first kappa shape index (κ1) is 12.0. The Balaban J connectivity index is 2.51. The average molecular weight is 340 g/mol. The number of halogens is 2. The van der Waals surface area contributed by atoms with E-state index in [-0.39, 0.29) is 14.0 Å². The first-order valence-electron chi connectivity index (χ1n) is 4.00. The van der Waals surface area contributed by atoms with E-state index < -0.39 is 9.84 Å². The quantitative estimate of drug-likeness (QED) is 0.844. The maximum atomic E-state index is 12.0. The van der Waals surface area contributed by atoms with Gasteiger partial charge in [0.1, 0.15) is 0 Å². The van der Waals surface area contributed by atoms with Gasteiger partial charge >= 0.3 is 0 Å². The van der Waals surface area contributed by atoms with Gasteiger partial charge in [-0.2, -0.15) is 9.36 Å². The molecule has 0 unspecified atom stereocenters. The number of rotatable bonds is 2. The first-order chi connectivity index (χ1) is 7.50. The van der Waals surface area contributed by atoms with Gasteiger partial charge in [-0.3, -0.25) is 0 Å². The van der Waals surface area contributed by atoms with E-state index >= 15 is 0 Å². The van der Waals surface area contributed by atoms with Gasteiger partial charge in [-0.1, -0.05) is 11.6 Å². The molecule has 4 nitrogen and oxygen atoms in total. The molecular weight excluding hydrogens is 336 g/mol. The van der Waals surface area contributed by atoms with Gasteiger partial charge in [0.05, 0.1) is 4.90 Å². The Morgan fingerprint density at radius 2 is 1.88 bits per heavy atom. The Kier molecular flexibility index (Phi) is 3.29. The number of sulfone groups is 1. The third-order valence-electron chi connectivity index (χ3n) is 1.74. The van der Waals surface area contributed by atoms with Crippen molar-refractivity contribution in [1.29, 1.82) is 0 Å². The zero-order chi connectivity index (χ0) is 11.8. The molecule has 0 saturated heterocycles. The lowest BCUT2D eigenvalue weighted by Crippen LogP contribution is -2.00. The van der Waals surface area contributed by atoms with E-state index in [9.17, 15) is 8.42 Å². The number of benzene rings is 1. The smallest absolute Gasteiger partial charge is 0.216 e. The van der Waals surface area contributed by atoms with E-state index in [1.165, 1.54) is 24.3 Å². The summed E-state index contributed by atoms with van der Waals surface area (Å²) in [5.41, 5.74) is 0. The summed E-state index contributed by atoms with van der Waals surface area (Å²) in [6, 6.07) is 5.91. The lowest BCUT2D eigenvalue weighted by atomic mass is 10.4. The zero-order valence-corrected chi connectivity index (χ0v) is 11.6. The van der Waals surface area contributed by atoms with Gasteiger partial charge in [-0.15, -0.1) is 0 Å². The number of nitrogens with zero attached hydrogens (tertiary/aromatic N) is 2. The molecule has 0 N–H and O–H groups in total. The molecule has 84 valence electrons. The van der Waals surface area contributed by atoms with Gasteiger partial charge in [0, 0.05) is 5.02 Å². The molecule has 0 aliphatic rings. The summed E-state index contributed by atoms with van der Waals surface area (Å²) in [5, 5.41) is 0.484. The second kappa shape index (κ2) is 4.40. The Labute approximate surface area is 110 Å². The minimum Gasteiger partial charge on any atom is -0.216 e. The van der Waals surface area contributed by atoms with Gasteiger partial charge < -0.3 is 0 Å². The summed E-state index contributed by atoms with van der Waals surface area (Å²) in [4.78, 5) is 3.94. The van der Waals surface area contributed by atoms with Crippen LogP contribution in [0.2, 0.25) is 5.02 Å². The molecule has 2 rings (SSSR count). The van der Waals surface area contributed by atoms with Crippen LogP contribution in [0.3, 0.4) is 0 Å². The van der Waals surface area contributed by atoms with Crippen molar-refractivity contribution < 1.29 is 8.42 Å². The fraction of sp³-hybridized carbons (Fsp3) is 0. The van der Waals surface area contributed by atoms with Gasteiger partial charge in [0.2, 0.25) is 18.9 Å². The van der Waals surface area contributed by atoms with Crippen molar-refractivity contribution in [2.24, 2.45) is 0 Å². The van der Waals surface area contributed by atoms with E-state index in [2.05, 4.69) is 25.3 Å². The third-order valence-corrected chi connectivity index (χ3v) is 5.42. The second-order valence-electron chi connectivity index (χ2n) is 2.79. The van der Waals surface area contributed by atoms with E-state index in [1.807, 2.05) is 0 Å². The average Bonchev–Trinajstić information content (AvgIpc) is 2.66. The second-order valence-corrected chi connectivity index (χ2v) is 6.81. The molecule has 0 atom stereocenters. The van der Waals surface area contributed by atoms with Gasteiger partial charge in [0.25, 0.3) is 0 Å². The van der Waals surface area contributed by atoms with Gasteiger partial charge in [-0.05, 0) is 51.7 Å². The standard InChI is InChI=1S/C8H4BrClN2O2S2/c9-7-11-8(15-12-7)16(13,14)6-3-1-5(10)2-4-6/h1-4H. The molecule has 0 saturated carbocycles. The molecular formula is C8H4BrClN2O2S2. The summed E-state index contributed by atoms with van der Waals surface area (Å²) >= 11 is 9.52. The normalized spacial score (nSPS) is 11.6.